The topological polar surface area (TPSA) is 75.7 Å². The van der Waals surface area contributed by atoms with Gasteiger partial charge in [0.05, 0.1) is 4.87 Å². The van der Waals surface area contributed by atoms with Crippen molar-refractivity contribution in [3.8, 4) is 0 Å². The number of fused-ring (bicyclic) bond motifs is 1. The van der Waals surface area contributed by atoms with Crippen LogP contribution in [0.2, 0.25) is 0 Å². The van der Waals surface area contributed by atoms with Crippen LogP contribution in [0.4, 0.5) is 5.69 Å². The number of anilines is 1. The summed E-state index contributed by atoms with van der Waals surface area (Å²) in [5.74, 6) is -0.408. The fraction of sp³-hybridized carbons (Fsp3) is 0.471. The summed E-state index contributed by atoms with van der Waals surface area (Å²) in [7, 11) is 0. The van der Waals surface area contributed by atoms with E-state index in [1.54, 1.807) is 22.7 Å². The second-order valence-electron chi connectivity index (χ2n) is 6.24. The van der Waals surface area contributed by atoms with Crippen LogP contribution in [-0.4, -0.2) is 46.0 Å². The molecular weight excluding hydrogens is 328 g/mol. The zero-order valence-electron chi connectivity index (χ0n) is 13.7. The number of nitrogens with one attached hydrogen (secondary N) is 1. The number of carbonyl (C=O) groups is 3. The van der Waals surface area contributed by atoms with Gasteiger partial charge in [-0.05, 0) is 31.9 Å². The van der Waals surface area contributed by atoms with Gasteiger partial charge in [0.2, 0.25) is 5.91 Å². The van der Waals surface area contributed by atoms with Crippen molar-refractivity contribution in [2.45, 2.75) is 37.6 Å². The molecular formula is C17H20N2O4S. The van der Waals surface area contributed by atoms with Gasteiger partial charge in [-0.2, -0.15) is 0 Å². The van der Waals surface area contributed by atoms with Crippen LogP contribution >= 0.6 is 11.8 Å². The van der Waals surface area contributed by atoms with E-state index in [0.29, 0.717) is 17.9 Å². The van der Waals surface area contributed by atoms with Gasteiger partial charge in [0.15, 0.2) is 6.61 Å². The number of rotatable bonds is 4. The number of amides is 2. The summed E-state index contributed by atoms with van der Waals surface area (Å²) in [5.41, 5.74) is 1.63. The molecule has 0 aromatic heterocycles. The lowest BCUT2D eigenvalue weighted by Crippen LogP contribution is -2.47. The summed E-state index contributed by atoms with van der Waals surface area (Å²) in [6.45, 7) is 3.50. The van der Waals surface area contributed by atoms with Gasteiger partial charge in [-0.25, -0.2) is 4.79 Å². The van der Waals surface area contributed by atoms with E-state index in [-0.39, 0.29) is 23.3 Å². The Labute approximate surface area is 144 Å². The number of thioether (sulfide) groups is 1. The van der Waals surface area contributed by atoms with Crippen molar-refractivity contribution >= 4 is 35.2 Å². The molecule has 128 valence electrons. The van der Waals surface area contributed by atoms with Crippen LogP contribution < -0.4 is 5.32 Å². The Morgan fingerprint density at radius 3 is 2.92 bits per heavy atom. The first kappa shape index (κ1) is 16.8. The Morgan fingerprint density at radius 1 is 1.42 bits per heavy atom. The molecule has 0 bridgehead atoms. The van der Waals surface area contributed by atoms with Gasteiger partial charge in [0.1, 0.15) is 6.04 Å². The van der Waals surface area contributed by atoms with Crippen molar-refractivity contribution in [3.05, 3.63) is 29.8 Å². The zero-order chi connectivity index (χ0) is 17.3. The van der Waals surface area contributed by atoms with Crippen molar-refractivity contribution in [1.29, 1.82) is 0 Å². The van der Waals surface area contributed by atoms with E-state index in [1.165, 1.54) is 0 Å². The monoisotopic (exact) mass is 348 g/mol. The molecule has 1 aromatic rings. The smallest absolute Gasteiger partial charge is 0.330 e. The van der Waals surface area contributed by atoms with Crippen LogP contribution in [0.3, 0.4) is 0 Å². The third-order valence-electron chi connectivity index (χ3n) is 4.48. The molecule has 0 spiro atoms. The van der Waals surface area contributed by atoms with Gasteiger partial charge >= 0.3 is 5.97 Å². The second-order valence-corrected chi connectivity index (χ2v) is 7.74. The molecule has 2 heterocycles. The number of ether oxygens (including phenoxy) is 1. The maximum absolute atomic E-state index is 12.3. The number of esters is 1. The summed E-state index contributed by atoms with van der Waals surface area (Å²) >= 11 is 1.60. The number of carbonyl (C=O) groups excluding carboxylic acids is 3. The minimum atomic E-state index is -0.596. The molecule has 24 heavy (non-hydrogen) atoms. The Hall–Kier alpha value is -2.02. The van der Waals surface area contributed by atoms with E-state index < -0.39 is 12.0 Å². The largest absolute Gasteiger partial charge is 0.454 e. The molecule has 3 rings (SSSR count). The lowest BCUT2D eigenvalue weighted by atomic mass is 10.2. The number of para-hydroxylation sites is 1. The summed E-state index contributed by atoms with van der Waals surface area (Å²) < 4.78 is 5.14. The number of hydrogen-bond donors (Lipinski definition) is 1. The highest BCUT2D eigenvalue weighted by Crippen LogP contribution is 2.47. The first-order chi connectivity index (χ1) is 11.4. The second kappa shape index (κ2) is 6.47. The Kier molecular flexibility index (Phi) is 4.54. The summed E-state index contributed by atoms with van der Waals surface area (Å²) in [4.78, 5) is 37.6. The molecule has 0 unspecified atom stereocenters. The molecule has 6 nitrogen and oxygen atoms in total. The minimum Gasteiger partial charge on any atom is -0.454 e. The normalized spacial score (nSPS) is 25.5. The number of hydrogen-bond acceptors (Lipinski definition) is 5. The van der Waals surface area contributed by atoms with Gasteiger partial charge in [0, 0.05) is 17.9 Å². The van der Waals surface area contributed by atoms with E-state index in [0.717, 1.165) is 12.0 Å². The highest BCUT2D eigenvalue weighted by molar-refractivity contribution is 8.01. The lowest BCUT2D eigenvalue weighted by molar-refractivity contribution is -0.155. The quantitative estimate of drug-likeness (QED) is 0.842. The number of nitrogens with zero attached hydrogens (tertiary/aromatic N) is 1. The molecule has 1 aromatic carbocycles. The molecule has 0 aliphatic carbocycles. The molecule has 1 N–H and O–H groups in total. The van der Waals surface area contributed by atoms with Crippen LogP contribution in [0, 0.1) is 6.92 Å². The fourth-order valence-electron chi connectivity index (χ4n) is 3.13. The molecule has 0 radical (unpaired) electrons. The third kappa shape index (κ3) is 3.13. The predicted octanol–water partition coefficient (Wildman–Crippen LogP) is 1.93. The van der Waals surface area contributed by atoms with Crippen molar-refractivity contribution in [2.75, 3.05) is 17.7 Å². The summed E-state index contributed by atoms with van der Waals surface area (Å²) in [6.07, 6.45) is 1.20. The third-order valence-corrected chi connectivity index (χ3v) is 5.99. The average Bonchev–Trinajstić information content (AvgIpc) is 3.04. The SMILES string of the molecule is Cc1ccccc1NC(=O)COC(=O)[C@@H]1CS[C@]2(C)CCC(=O)N12. The summed E-state index contributed by atoms with van der Waals surface area (Å²) in [6, 6.07) is 6.78. The molecule has 0 saturated carbocycles. The number of aryl methyl sites for hydroxylation is 1. The Bertz CT molecular complexity index is 693. The van der Waals surface area contributed by atoms with Gasteiger partial charge in [0.25, 0.3) is 5.91 Å². The molecule has 2 aliphatic heterocycles. The van der Waals surface area contributed by atoms with Gasteiger partial charge in [-0.15, -0.1) is 11.8 Å². The van der Waals surface area contributed by atoms with Crippen LogP contribution in [0.25, 0.3) is 0 Å². The fourth-order valence-corrected chi connectivity index (χ4v) is 4.54. The molecule has 2 aliphatic rings. The van der Waals surface area contributed by atoms with Gasteiger partial charge in [-0.3, -0.25) is 9.59 Å². The van der Waals surface area contributed by atoms with E-state index in [1.807, 2.05) is 32.0 Å². The van der Waals surface area contributed by atoms with E-state index in [9.17, 15) is 14.4 Å². The molecule has 7 heteroatoms. The molecule has 2 saturated heterocycles. The molecule has 2 amide bonds. The Morgan fingerprint density at radius 2 is 2.17 bits per heavy atom. The first-order valence-electron chi connectivity index (χ1n) is 7.89. The average molecular weight is 348 g/mol. The Balaban J connectivity index is 1.55. The van der Waals surface area contributed by atoms with Crippen LogP contribution in [-0.2, 0) is 19.1 Å². The van der Waals surface area contributed by atoms with Crippen LogP contribution in [0.1, 0.15) is 25.3 Å². The highest BCUT2D eigenvalue weighted by atomic mass is 32.2. The van der Waals surface area contributed by atoms with E-state index >= 15 is 0 Å². The lowest BCUT2D eigenvalue weighted by Gasteiger charge is -2.29. The minimum absolute atomic E-state index is 0.0196. The zero-order valence-corrected chi connectivity index (χ0v) is 14.5. The maximum Gasteiger partial charge on any atom is 0.330 e. The first-order valence-corrected chi connectivity index (χ1v) is 8.87. The summed E-state index contributed by atoms with van der Waals surface area (Å²) in [5, 5.41) is 2.72. The highest BCUT2D eigenvalue weighted by Gasteiger charge is 2.53. The number of benzene rings is 1. The van der Waals surface area contributed by atoms with Gasteiger partial charge < -0.3 is 15.0 Å². The standard InChI is InChI=1S/C17H20N2O4S/c1-11-5-3-4-6-12(11)18-14(20)9-23-16(22)13-10-24-17(2)8-7-15(21)19(13)17/h3-6,13H,7-10H2,1-2H3,(H,18,20)/t13-,17+/m0/s1. The van der Waals surface area contributed by atoms with E-state index in [4.69, 9.17) is 4.74 Å². The molecule has 2 fully saturated rings. The van der Waals surface area contributed by atoms with Crippen molar-refractivity contribution in [3.63, 3.8) is 0 Å². The predicted molar refractivity (Wildman–Crippen MR) is 91.5 cm³/mol. The molecule has 2 atom stereocenters. The van der Waals surface area contributed by atoms with Crippen molar-refractivity contribution < 1.29 is 19.1 Å². The van der Waals surface area contributed by atoms with Gasteiger partial charge in [-0.1, -0.05) is 18.2 Å². The van der Waals surface area contributed by atoms with Crippen LogP contribution in [0.15, 0.2) is 24.3 Å². The van der Waals surface area contributed by atoms with Crippen molar-refractivity contribution in [1.82, 2.24) is 4.90 Å². The van der Waals surface area contributed by atoms with Crippen LogP contribution in [0.5, 0.6) is 0 Å². The maximum atomic E-state index is 12.3. The van der Waals surface area contributed by atoms with Crippen molar-refractivity contribution in [2.24, 2.45) is 0 Å². The van der Waals surface area contributed by atoms with E-state index in [2.05, 4.69) is 5.32 Å².